The number of rotatable bonds is 8. The van der Waals surface area contributed by atoms with E-state index in [4.69, 9.17) is 0 Å². The van der Waals surface area contributed by atoms with Crippen LogP contribution in [-0.4, -0.2) is 36.7 Å². The predicted octanol–water partition coefficient (Wildman–Crippen LogP) is 3.52. The second kappa shape index (κ2) is 8.08. The zero-order chi connectivity index (χ0) is 17.6. The van der Waals surface area contributed by atoms with Gasteiger partial charge in [-0.1, -0.05) is 48.9 Å². The number of para-hydroxylation sites is 1. The van der Waals surface area contributed by atoms with Crippen LogP contribution in [-0.2, 0) is 11.3 Å². The second-order valence-corrected chi connectivity index (χ2v) is 6.59. The molecule has 130 valence electrons. The molecule has 0 saturated heterocycles. The summed E-state index contributed by atoms with van der Waals surface area (Å²) in [6.45, 7) is 2.59. The molecule has 25 heavy (non-hydrogen) atoms. The van der Waals surface area contributed by atoms with Gasteiger partial charge in [-0.15, -0.1) is 0 Å². The number of benzene rings is 2. The van der Waals surface area contributed by atoms with Crippen LogP contribution in [0.25, 0.3) is 0 Å². The van der Waals surface area contributed by atoms with E-state index in [-0.39, 0.29) is 11.7 Å². The standard InChI is InChI=1S/C21H24N2O2/c1-22(16-17-10-4-2-5-11-17)14-8-3-9-15-23-19-13-7-6-12-18(19)20(24)21(23)25/h2,4-7,10-13H,3,8-9,14-16H2,1H3. The number of carbonyl (C=O) groups excluding carboxylic acids is 2. The summed E-state index contributed by atoms with van der Waals surface area (Å²) in [5.74, 6) is -0.763. The van der Waals surface area contributed by atoms with E-state index in [9.17, 15) is 9.59 Å². The lowest BCUT2D eigenvalue weighted by Crippen LogP contribution is -2.30. The summed E-state index contributed by atoms with van der Waals surface area (Å²) >= 11 is 0. The van der Waals surface area contributed by atoms with Gasteiger partial charge in [-0.2, -0.15) is 0 Å². The minimum atomic E-state index is -0.387. The average molecular weight is 336 g/mol. The minimum absolute atomic E-state index is 0.377. The van der Waals surface area contributed by atoms with E-state index in [1.807, 2.05) is 18.2 Å². The molecular formula is C21H24N2O2. The number of ketones is 1. The number of nitrogens with zero attached hydrogens (tertiary/aromatic N) is 2. The first-order valence-corrected chi connectivity index (χ1v) is 8.84. The Balaban J connectivity index is 1.40. The molecule has 0 aromatic heterocycles. The number of unbranched alkanes of at least 4 members (excludes halogenated alkanes) is 2. The van der Waals surface area contributed by atoms with Gasteiger partial charge in [-0.25, -0.2) is 0 Å². The summed E-state index contributed by atoms with van der Waals surface area (Å²) in [5.41, 5.74) is 2.62. The van der Waals surface area contributed by atoms with Crippen molar-refractivity contribution in [3.05, 3.63) is 65.7 Å². The lowest BCUT2D eigenvalue weighted by molar-refractivity contribution is -0.114. The van der Waals surface area contributed by atoms with Gasteiger partial charge in [-0.05, 0) is 44.1 Å². The smallest absolute Gasteiger partial charge is 0.299 e. The maximum Gasteiger partial charge on any atom is 0.299 e. The second-order valence-electron chi connectivity index (χ2n) is 6.59. The van der Waals surface area contributed by atoms with Crippen LogP contribution < -0.4 is 4.90 Å². The van der Waals surface area contributed by atoms with Crippen LogP contribution in [0.5, 0.6) is 0 Å². The monoisotopic (exact) mass is 336 g/mol. The van der Waals surface area contributed by atoms with Crippen molar-refractivity contribution < 1.29 is 9.59 Å². The van der Waals surface area contributed by atoms with Crippen molar-refractivity contribution in [1.82, 2.24) is 4.90 Å². The fourth-order valence-electron chi connectivity index (χ4n) is 3.27. The molecule has 4 nitrogen and oxygen atoms in total. The molecule has 0 bridgehead atoms. The van der Waals surface area contributed by atoms with Crippen molar-refractivity contribution in [1.29, 1.82) is 0 Å². The quantitative estimate of drug-likeness (QED) is 0.547. The van der Waals surface area contributed by atoms with Gasteiger partial charge < -0.3 is 9.80 Å². The van der Waals surface area contributed by atoms with Gasteiger partial charge >= 0.3 is 0 Å². The number of hydrogen-bond donors (Lipinski definition) is 0. The number of hydrogen-bond acceptors (Lipinski definition) is 3. The Bertz CT molecular complexity index is 743. The zero-order valence-electron chi connectivity index (χ0n) is 14.6. The highest BCUT2D eigenvalue weighted by molar-refractivity contribution is 6.52. The Hall–Kier alpha value is -2.46. The molecule has 0 radical (unpaired) electrons. The van der Waals surface area contributed by atoms with Crippen molar-refractivity contribution in [2.75, 3.05) is 25.0 Å². The van der Waals surface area contributed by atoms with Gasteiger partial charge in [0.2, 0.25) is 0 Å². The van der Waals surface area contributed by atoms with Crippen LogP contribution in [0.2, 0.25) is 0 Å². The first-order valence-electron chi connectivity index (χ1n) is 8.84. The summed E-state index contributed by atoms with van der Waals surface area (Å²) in [7, 11) is 2.13. The number of Topliss-reactive ketones (excluding diaryl/α,β-unsaturated/α-hetero) is 1. The molecule has 1 aliphatic rings. The predicted molar refractivity (Wildman–Crippen MR) is 99.8 cm³/mol. The van der Waals surface area contributed by atoms with E-state index in [2.05, 4.69) is 36.2 Å². The van der Waals surface area contributed by atoms with E-state index >= 15 is 0 Å². The fraction of sp³-hybridized carbons (Fsp3) is 0.333. The van der Waals surface area contributed by atoms with Crippen molar-refractivity contribution in [2.45, 2.75) is 25.8 Å². The normalized spacial score (nSPS) is 13.6. The van der Waals surface area contributed by atoms with Gasteiger partial charge in [0.1, 0.15) is 0 Å². The number of carbonyl (C=O) groups is 2. The molecule has 0 spiro atoms. The molecule has 0 N–H and O–H groups in total. The molecule has 0 saturated carbocycles. The van der Waals surface area contributed by atoms with Crippen LogP contribution in [0.1, 0.15) is 35.2 Å². The highest BCUT2D eigenvalue weighted by atomic mass is 16.2. The van der Waals surface area contributed by atoms with Gasteiger partial charge in [0.25, 0.3) is 11.7 Å². The molecular weight excluding hydrogens is 312 g/mol. The number of fused-ring (bicyclic) bond motifs is 1. The van der Waals surface area contributed by atoms with Crippen molar-refractivity contribution in [3.8, 4) is 0 Å². The molecule has 0 fully saturated rings. The van der Waals surface area contributed by atoms with Crippen molar-refractivity contribution >= 4 is 17.4 Å². The molecule has 1 aliphatic heterocycles. The molecule has 0 aliphatic carbocycles. The van der Waals surface area contributed by atoms with Gasteiger partial charge in [-0.3, -0.25) is 9.59 Å². The van der Waals surface area contributed by atoms with Crippen LogP contribution >= 0.6 is 0 Å². The average Bonchev–Trinajstić information content (AvgIpc) is 2.87. The Morgan fingerprint density at radius 2 is 1.60 bits per heavy atom. The van der Waals surface area contributed by atoms with Crippen LogP contribution in [0.4, 0.5) is 5.69 Å². The Kier molecular flexibility index (Phi) is 5.61. The van der Waals surface area contributed by atoms with Gasteiger partial charge in [0, 0.05) is 13.1 Å². The maximum atomic E-state index is 12.1. The maximum absolute atomic E-state index is 12.1. The summed E-state index contributed by atoms with van der Waals surface area (Å²) in [6, 6.07) is 17.7. The first kappa shape index (κ1) is 17.4. The Morgan fingerprint density at radius 1 is 0.880 bits per heavy atom. The summed E-state index contributed by atoms with van der Waals surface area (Å²) in [4.78, 5) is 28.0. The highest BCUT2D eigenvalue weighted by Gasteiger charge is 2.34. The highest BCUT2D eigenvalue weighted by Crippen LogP contribution is 2.28. The molecule has 3 rings (SSSR count). The number of amides is 1. The molecule has 2 aromatic rings. The van der Waals surface area contributed by atoms with Crippen molar-refractivity contribution in [3.63, 3.8) is 0 Å². The summed E-state index contributed by atoms with van der Waals surface area (Å²) in [6.07, 6.45) is 3.03. The summed E-state index contributed by atoms with van der Waals surface area (Å²) in [5, 5.41) is 0. The van der Waals surface area contributed by atoms with Crippen LogP contribution in [0.3, 0.4) is 0 Å². The van der Waals surface area contributed by atoms with Crippen molar-refractivity contribution in [2.24, 2.45) is 0 Å². The van der Waals surface area contributed by atoms with Gasteiger partial charge in [0.15, 0.2) is 0 Å². The van der Waals surface area contributed by atoms with Crippen LogP contribution in [0.15, 0.2) is 54.6 Å². The van der Waals surface area contributed by atoms with E-state index < -0.39 is 0 Å². The summed E-state index contributed by atoms with van der Waals surface area (Å²) < 4.78 is 0. The molecule has 4 heteroatoms. The SMILES string of the molecule is CN(CCCCCN1C(=O)C(=O)c2ccccc21)Cc1ccccc1. The Labute approximate surface area is 149 Å². The molecule has 1 heterocycles. The lowest BCUT2D eigenvalue weighted by atomic mass is 10.1. The molecule has 0 unspecified atom stereocenters. The first-order chi connectivity index (χ1) is 12.2. The fourth-order valence-corrected chi connectivity index (χ4v) is 3.27. The zero-order valence-corrected chi connectivity index (χ0v) is 14.6. The molecule has 1 amide bonds. The van der Waals surface area contributed by atoms with Crippen LogP contribution in [0, 0.1) is 0 Å². The topological polar surface area (TPSA) is 40.6 Å². The van der Waals surface area contributed by atoms with E-state index in [1.165, 1.54) is 5.56 Å². The minimum Gasteiger partial charge on any atom is -0.305 e. The lowest BCUT2D eigenvalue weighted by Gasteiger charge is -2.18. The van der Waals surface area contributed by atoms with E-state index in [0.29, 0.717) is 12.1 Å². The molecule has 0 atom stereocenters. The van der Waals surface area contributed by atoms with Gasteiger partial charge in [0.05, 0.1) is 11.3 Å². The largest absolute Gasteiger partial charge is 0.305 e. The number of anilines is 1. The van der Waals surface area contributed by atoms with E-state index in [1.54, 1.807) is 17.0 Å². The third kappa shape index (κ3) is 4.15. The Morgan fingerprint density at radius 3 is 2.40 bits per heavy atom. The third-order valence-corrected chi connectivity index (χ3v) is 4.60. The van der Waals surface area contributed by atoms with E-state index in [0.717, 1.165) is 38.0 Å². The third-order valence-electron chi connectivity index (χ3n) is 4.60. The molecule has 2 aromatic carbocycles.